The zero-order valence-electron chi connectivity index (χ0n) is 11.8. The molecule has 0 fully saturated rings. The summed E-state index contributed by atoms with van der Waals surface area (Å²) in [6.45, 7) is 4.56. The largest absolute Gasteiger partial charge is 0.362 e. The van der Waals surface area contributed by atoms with Crippen LogP contribution in [0.4, 0.5) is 11.4 Å². The lowest BCUT2D eigenvalue weighted by atomic mass is 10.1. The highest BCUT2D eigenvalue weighted by atomic mass is 32.1. The van der Waals surface area contributed by atoms with E-state index in [-0.39, 0.29) is 0 Å². The van der Waals surface area contributed by atoms with Crippen molar-refractivity contribution in [2.45, 2.75) is 20.6 Å². The number of methoxy groups -OCH3 is 1. The monoisotopic (exact) mass is 290 g/mol. The molecule has 1 aromatic heterocycles. The van der Waals surface area contributed by atoms with Gasteiger partial charge in [0, 0.05) is 12.8 Å². The standard InChI is InChI=1S/C14H18N4OS/c1-10-5-4-6-13(11(10)2)17-14(20)16-12-7-15-18(8-12)9-19-3/h4-8H,9H2,1-3H3,(H2,16,17,20). The first kappa shape index (κ1) is 14.5. The van der Waals surface area contributed by atoms with Gasteiger partial charge in [0.1, 0.15) is 6.73 Å². The van der Waals surface area contributed by atoms with Crippen LogP contribution in [-0.2, 0) is 11.5 Å². The minimum atomic E-state index is 0.416. The van der Waals surface area contributed by atoms with E-state index in [1.807, 2.05) is 18.3 Å². The highest BCUT2D eigenvalue weighted by Gasteiger charge is 2.04. The highest BCUT2D eigenvalue weighted by molar-refractivity contribution is 7.80. The van der Waals surface area contributed by atoms with Gasteiger partial charge < -0.3 is 15.4 Å². The van der Waals surface area contributed by atoms with E-state index in [0.717, 1.165) is 11.4 Å². The second-order valence-corrected chi connectivity index (χ2v) is 4.92. The Morgan fingerprint density at radius 1 is 1.35 bits per heavy atom. The topological polar surface area (TPSA) is 51.1 Å². The molecule has 6 heteroatoms. The molecule has 0 saturated carbocycles. The minimum absolute atomic E-state index is 0.416. The molecule has 0 amide bonds. The number of nitrogens with zero attached hydrogens (tertiary/aromatic N) is 2. The van der Waals surface area contributed by atoms with E-state index >= 15 is 0 Å². The van der Waals surface area contributed by atoms with Gasteiger partial charge >= 0.3 is 0 Å². The van der Waals surface area contributed by atoms with Gasteiger partial charge in [0.25, 0.3) is 0 Å². The molecule has 0 aliphatic carbocycles. The first-order valence-electron chi connectivity index (χ1n) is 6.26. The Kier molecular flexibility index (Phi) is 4.70. The lowest BCUT2D eigenvalue weighted by Gasteiger charge is -2.12. The Morgan fingerprint density at radius 3 is 2.90 bits per heavy atom. The molecule has 0 bridgehead atoms. The van der Waals surface area contributed by atoms with Crippen LogP contribution in [0.2, 0.25) is 0 Å². The van der Waals surface area contributed by atoms with Crippen molar-refractivity contribution >= 4 is 28.7 Å². The number of hydrogen-bond acceptors (Lipinski definition) is 3. The molecule has 2 N–H and O–H groups in total. The van der Waals surface area contributed by atoms with Gasteiger partial charge in [0.05, 0.1) is 18.1 Å². The molecule has 0 saturated heterocycles. The number of thiocarbonyl (C=S) groups is 1. The summed E-state index contributed by atoms with van der Waals surface area (Å²) in [5, 5.41) is 11.0. The Bertz CT molecular complexity index is 609. The average molecular weight is 290 g/mol. The van der Waals surface area contributed by atoms with Crippen LogP contribution in [0.3, 0.4) is 0 Å². The molecule has 0 radical (unpaired) electrons. The zero-order chi connectivity index (χ0) is 14.5. The fourth-order valence-electron chi connectivity index (χ4n) is 1.80. The molecule has 0 unspecified atom stereocenters. The highest BCUT2D eigenvalue weighted by Crippen LogP contribution is 2.18. The van der Waals surface area contributed by atoms with E-state index in [0.29, 0.717) is 11.8 Å². The summed E-state index contributed by atoms with van der Waals surface area (Å²) >= 11 is 5.30. The lowest BCUT2D eigenvalue weighted by Crippen LogP contribution is -2.19. The third-order valence-corrected chi connectivity index (χ3v) is 3.21. The maximum atomic E-state index is 5.30. The van der Waals surface area contributed by atoms with E-state index in [4.69, 9.17) is 17.0 Å². The number of ether oxygens (including phenoxy) is 1. The molecule has 2 rings (SSSR count). The Hall–Kier alpha value is -1.92. The van der Waals surface area contributed by atoms with Crippen LogP contribution >= 0.6 is 12.2 Å². The van der Waals surface area contributed by atoms with Gasteiger partial charge in [0.15, 0.2) is 5.11 Å². The third kappa shape index (κ3) is 3.55. The van der Waals surface area contributed by atoms with Gasteiger partial charge in [-0.05, 0) is 43.3 Å². The average Bonchev–Trinajstić information content (AvgIpc) is 2.83. The molecule has 0 spiro atoms. The second kappa shape index (κ2) is 6.49. The Balaban J connectivity index is 1.99. The van der Waals surface area contributed by atoms with Crippen molar-refractivity contribution in [3.8, 4) is 0 Å². The number of nitrogens with one attached hydrogen (secondary N) is 2. The normalized spacial score (nSPS) is 10.3. The van der Waals surface area contributed by atoms with Crippen LogP contribution < -0.4 is 10.6 Å². The molecule has 20 heavy (non-hydrogen) atoms. The summed E-state index contributed by atoms with van der Waals surface area (Å²) in [4.78, 5) is 0. The van der Waals surface area contributed by atoms with E-state index < -0.39 is 0 Å². The van der Waals surface area contributed by atoms with E-state index in [2.05, 4.69) is 35.6 Å². The summed E-state index contributed by atoms with van der Waals surface area (Å²) < 4.78 is 6.68. The predicted molar refractivity (Wildman–Crippen MR) is 85.0 cm³/mol. The van der Waals surface area contributed by atoms with Crippen molar-refractivity contribution in [3.63, 3.8) is 0 Å². The summed E-state index contributed by atoms with van der Waals surface area (Å²) in [7, 11) is 1.63. The van der Waals surface area contributed by atoms with E-state index in [9.17, 15) is 0 Å². The van der Waals surface area contributed by atoms with Crippen molar-refractivity contribution in [1.29, 1.82) is 0 Å². The minimum Gasteiger partial charge on any atom is -0.362 e. The molecule has 5 nitrogen and oxygen atoms in total. The number of benzene rings is 1. The van der Waals surface area contributed by atoms with Gasteiger partial charge in [0.2, 0.25) is 0 Å². The van der Waals surface area contributed by atoms with Crippen molar-refractivity contribution in [2.75, 3.05) is 17.7 Å². The first-order chi connectivity index (χ1) is 9.60. The molecule has 2 aromatic rings. The fraction of sp³-hybridized carbons (Fsp3) is 0.286. The van der Waals surface area contributed by atoms with Crippen molar-refractivity contribution in [2.24, 2.45) is 0 Å². The quantitative estimate of drug-likeness (QED) is 0.848. The molecule has 0 aliphatic heterocycles. The molecular formula is C14H18N4OS. The molecule has 106 valence electrons. The lowest BCUT2D eigenvalue weighted by molar-refractivity contribution is 0.120. The van der Waals surface area contributed by atoms with Crippen LogP contribution in [0.1, 0.15) is 11.1 Å². The Labute approximate surface area is 123 Å². The maximum absolute atomic E-state index is 5.30. The molecule has 0 aliphatic rings. The molecule has 1 aromatic carbocycles. The zero-order valence-corrected chi connectivity index (χ0v) is 12.6. The molecule has 0 atom stereocenters. The molecule has 1 heterocycles. The number of hydrogen-bond donors (Lipinski definition) is 2. The third-order valence-electron chi connectivity index (χ3n) is 3.01. The first-order valence-corrected chi connectivity index (χ1v) is 6.66. The predicted octanol–water partition coefficient (Wildman–Crippen LogP) is 2.91. The maximum Gasteiger partial charge on any atom is 0.175 e. The van der Waals surface area contributed by atoms with Crippen molar-refractivity contribution in [3.05, 3.63) is 41.7 Å². The van der Waals surface area contributed by atoms with Gasteiger partial charge in [-0.1, -0.05) is 12.1 Å². The number of rotatable bonds is 4. The Morgan fingerprint density at radius 2 is 2.15 bits per heavy atom. The van der Waals surface area contributed by atoms with Gasteiger partial charge in [-0.3, -0.25) is 0 Å². The van der Waals surface area contributed by atoms with Gasteiger partial charge in [-0.15, -0.1) is 0 Å². The van der Waals surface area contributed by atoms with E-state index in [1.54, 1.807) is 18.0 Å². The van der Waals surface area contributed by atoms with Gasteiger partial charge in [-0.25, -0.2) is 4.68 Å². The van der Waals surface area contributed by atoms with Crippen LogP contribution in [0.25, 0.3) is 0 Å². The van der Waals surface area contributed by atoms with Crippen LogP contribution in [0, 0.1) is 13.8 Å². The second-order valence-electron chi connectivity index (χ2n) is 4.51. The summed E-state index contributed by atoms with van der Waals surface area (Å²) in [5.74, 6) is 0. The van der Waals surface area contributed by atoms with E-state index in [1.165, 1.54) is 11.1 Å². The summed E-state index contributed by atoms with van der Waals surface area (Å²) in [5.41, 5.74) is 4.24. The smallest absolute Gasteiger partial charge is 0.175 e. The van der Waals surface area contributed by atoms with Gasteiger partial charge in [-0.2, -0.15) is 5.10 Å². The molecular weight excluding hydrogens is 272 g/mol. The van der Waals surface area contributed by atoms with Crippen LogP contribution in [0.15, 0.2) is 30.6 Å². The number of aromatic nitrogens is 2. The number of anilines is 2. The SMILES string of the molecule is COCn1cc(NC(=S)Nc2cccc(C)c2C)cn1. The van der Waals surface area contributed by atoms with Crippen molar-refractivity contribution in [1.82, 2.24) is 9.78 Å². The van der Waals surface area contributed by atoms with Crippen LogP contribution in [-0.4, -0.2) is 22.0 Å². The summed E-state index contributed by atoms with van der Waals surface area (Å²) in [6, 6.07) is 6.08. The van der Waals surface area contributed by atoms with Crippen molar-refractivity contribution < 1.29 is 4.74 Å². The van der Waals surface area contributed by atoms with Crippen LogP contribution in [0.5, 0.6) is 0 Å². The summed E-state index contributed by atoms with van der Waals surface area (Å²) in [6.07, 6.45) is 3.54. The number of aryl methyl sites for hydroxylation is 1. The fourth-order valence-corrected chi connectivity index (χ4v) is 2.03.